The lowest BCUT2D eigenvalue weighted by atomic mass is 10.1. The first-order valence-electron chi connectivity index (χ1n) is 9.32. The molecule has 0 saturated carbocycles. The second kappa shape index (κ2) is 7.31. The van der Waals surface area contributed by atoms with Gasteiger partial charge >= 0.3 is 6.18 Å². The highest BCUT2D eigenvalue weighted by Gasteiger charge is 2.31. The molecule has 0 unspecified atom stereocenters. The lowest BCUT2D eigenvalue weighted by Crippen LogP contribution is -2.21. The zero-order valence-corrected chi connectivity index (χ0v) is 15.8. The summed E-state index contributed by atoms with van der Waals surface area (Å²) in [5.74, 6) is -0.267. The van der Waals surface area contributed by atoms with E-state index in [1.54, 1.807) is 24.5 Å². The minimum atomic E-state index is -4.47. The van der Waals surface area contributed by atoms with Gasteiger partial charge in [-0.25, -0.2) is 9.37 Å². The minimum absolute atomic E-state index is 0.0174. The first kappa shape index (κ1) is 19.4. The van der Waals surface area contributed by atoms with Crippen LogP contribution in [0, 0.1) is 5.82 Å². The average molecular weight is 430 g/mol. The Kier molecular flexibility index (Phi) is 4.58. The second-order valence-electron chi connectivity index (χ2n) is 7.02. The number of hydrogen-bond acceptors (Lipinski definition) is 5. The Balaban J connectivity index is 1.42. The van der Waals surface area contributed by atoms with Crippen LogP contribution in [0.25, 0.3) is 23.0 Å². The first-order valence-corrected chi connectivity index (χ1v) is 9.32. The summed E-state index contributed by atoms with van der Waals surface area (Å²) in [6.07, 6.45) is -3.38. The molecule has 10 heteroatoms. The maximum absolute atomic E-state index is 14.1. The van der Waals surface area contributed by atoms with Gasteiger partial charge < -0.3 is 13.8 Å². The summed E-state index contributed by atoms with van der Waals surface area (Å²) in [5, 5.41) is 3.80. The first-order chi connectivity index (χ1) is 14.9. The highest BCUT2D eigenvalue weighted by molar-refractivity contribution is 5.60. The van der Waals surface area contributed by atoms with Gasteiger partial charge in [0.15, 0.2) is 5.69 Å². The minimum Gasteiger partial charge on any atom is -0.365 e. The van der Waals surface area contributed by atoms with Crippen LogP contribution in [-0.2, 0) is 24.1 Å². The number of halogens is 4. The lowest BCUT2D eigenvalue weighted by Gasteiger charge is -2.25. The van der Waals surface area contributed by atoms with Crippen LogP contribution in [0.1, 0.15) is 22.9 Å². The van der Waals surface area contributed by atoms with Crippen LogP contribution in [0.4, 0.5) is 17.6 Å². The molecule has 158 valence electrons. The van der Waals surface area contributed by atoms with Gasteiger partial charge in [-0.05, 0) is 18.2 Å². The molecular weight excluding hydrogens is 416 g/mol. The number of nitrogens with zero attached hydrogens (tertiary/aromatic N) is 4. The molecule has 6 nitrogen and oxygen atoms in total. The molecule has 31 heavy (non-hydrogen) atoms. The summed E-state index contributed by atoms with van der Waals surface area (Å²) in [5.41, 5.74) is 0.856. The van der Waals surface area contributed by atoms with E-state index in [0.717, 1.165) is 12.1 Å². The van der Waals surface area contributed by atoms with Gasteiger partial charge in [-0.15, -0.1) is 0 Å². The molecule has 0 spiro atoms. The zero-order valence-electron chi connectivity index (χ0n) is 15.8. The maximum atomic E-state index is 14.1. The van der Waals surface area contributed by atoms with Gasteiger partial charge in [0.2, 0.25) is 5.82 Å². The Bertz CT molecular complexity index is 1250. The largest absolute Gasteiger partial charge is 0.416 e. The van der Waals surface area contributed by atoms with Gasteiger partial charge in [-0.2, -0.15) is 18.2 Å². The van der Waals surface area contributed by atoms with E-state index in [2.05, 4.69) is 15.1 Å². The predicted molar refractivity (Wildman–Crippen MR) is 99.9 cm³/mol. The number of aromatic nitrogens is 4. The standard InChI is InChI=1S/C21H14F4N4O2/c22-15-7-2-1-6-14(15)17-9-29-11-26-18(16(29)10-30-17)20-27-19(28-31-20)12-4-3-5-13(8-12)21(23,24)25/h1-8,11,17H,9-10H2/t17-/m0/s1. The fraction of sp³-hybridized carbons (Fsp3) is 0.190. The Labute approximate surface area is 173 Å². The molecule has 0 saturated heterocycles. The monoisotopic (exact) mass is 430 g/mol. The normalized spacial score (nSPS) is 16.3. The van der Waals surface area contributed by atoms with Crippen LogP contribution in [0.3, 0.4) is 0 Å². The van der Waals surface area contributed by atoms with Gasteiger partial charge in [-0.1, -0.05) is 35.5 Å². The van der Waals surface area contributed by atoms with E-state index in [1.807, 2.05) is 4.57 Å². The van der Waals surface area contributed by atoms with Crippen molar-refractivity contribution in [3.05, 3.63) is 77.5 Å². The summed E-state index contributed by atoms with van der Waals surface area (Å²) >= 11 is 0. The van der Waals surface area contributed by atoms with E-state index in [0.29, 0.717) is 23.5 Å². The molecule has 2 aromatic carbocycles. The quantitative estimate of drug-likeness (QED) is 0.427. The third-order valence-electron chi connectivity index (χ3n) is 5.06. The number of imidazole rings is 1. The highest BCUT2D eigenvalue weighted by Crippen LogP contribution is 2.34. The average Bonchev–Trinajstić information content (AvgIpc) is 3.40. The molecule has 0 radical (unpaired) electrons. The van der Waals surface area contributed by atoms with Crippen LogP contribution in [0.15, 0.2) is 59.4 Å². The molecular formula is C21H14F4N4O2. The molecule has 1 atom stereocenters. The van der Waals surface area contributed by atoms with E-state index in [-0.39, 0.29) is 29.7 Å². The Hall–Kier alpha value is -3.53. The zero-order chi connectivity index (χ0) is 21.6. The highest BCUT2D eigenvalue weighted by atomic mass is 19.4. The maximum Gasteiger partial charge on any atom is 0.416 e. The number of alkyl halides is 3. The fourth-order valence-corrected chi connectivity index (χ4v) is 3.50. The number of benzene rings is 2. The van der Waals surface area contributed by atoms with E-state index in [9.17, 15) is 17.6 Å². The van der Waals surface area contributed by atoms with Gasteiger partial charge in [0.05, 0.1) is 30.7 Å². The van der Waals surface area contributed by atoms with Crippen molar-refractivity contribution < 1.29 is 26.8 Å². The molecule has 2 aromatic heterocycles. The van der Waals surface area contributed by atoms with Gasteiger partial charge in [0.25, 0.3) is 5.89 Å². The third-order valence-corrected chi connectivity index (χ3v) is 5.06. The Morgan fingerprint density at radius 1 is 1.06 bits per heavy atom. The van der Waals surface area contributed by atoms with Gasteiger partial charge in [-0.3, -0.25) is 0 Å². The summed E-state index contributed by atoms with van der Waals surface area (Å²) < 4.78 is 65.9. The van der Waals surface area contributed by atoms with E-state index >= 15 is 0 Å². The summed E-state index contributed by atoms with van der Waals surface area (Å²) in [6.45, 7) is 0.480. The Morgan fingerprint density at radius 2 is 1.90 bits per heavy atom. The third kappa shape index (κ3) is 3.59. The predicted octanol–water partition coefficient (Wildman–Crippen LogP) is 5.03. The number of hydrogen-bond donors (Lipinski definition) is 0. The van der Waals surface area contributed by atoms with E-state index in [4.69, 9.17) is 9.26 Å². The van der Waals surface area contributed by atoms with Crippen molar-refractivity contribution in [1.29, 1.82) is 0 Å². The molecule has 0 fully saturated rings. The van der Waals surface area contributed by atoms with Crippen LogP contribution >= 0.6 is 0 Å². The van der Waals surface area contributed by atoms with Crippen molar-refractivity contribution in [2.45, 2.75) is 25.4 Å². The SMILES string of the molecule is Fc1ccccc1[C@@H]1Cn2cnc(-c3nc(-c4cccc(C(F)(F)F)c4)no3)c2CO1. The smallest absolute Gasteiger partial charge is 0.365 e. The summed E-state index contributed by atoms with van der Waals surface area (Å²) in [4.78, 5) is 8.50. The number of ether oxygens (including phenoxy) is 1. The molecule has 0 aliphatic carbocycles. The van der Waals surface area contributed by atoms with Crippen LogP contribution in [-0.4, -0.2) is 19.7 Å². The molecule has 0 amide bonds. The lowest BCUT2D eigenvalue weighted by molar-refractivity contribution is -0.137. The van der Waals surface area contributed by atoms with Gasteiger partial charge in [0.1, 0.15) is 11.9 Å². The number of rotatable bonds is 3. The van der Waals surface area contributed by atoms with Gasteiger partial charge in [0, 0.05) is 11.1 Å². The van der Waals surface area contributed by atoms with Crippen molar-refractivity contribution in [1.82, 2.24) is 19.7 Å². The number of fused-ring (bicyclic) bond motifs is 1. The molecule has 5 rings (SSSR count). The molecule has 3 heterocycles. The van der Waals surface area contributed by atoms with Crippen molar-refractivity contribution in [2.75, 3.05) is 0 Å². The molecule has 1 aliphatic heterocycles. The van der Waals surface area contributed by atoms with E-state index in [1.165, 1.54) is 18.2 Å². The van der Waals surface area contributed by atoms with Crippen molar-refractivity contribution in [2.24, 2.45) is 0 Å². The Morgan fingerprint density at radius 3 is 2.71 bits per heavy atom. The topological polar surface area (TPSA) is 66.0 Å². The van der Waals surface area contributed by atoms with E-state index < -0.39 is 17.8 Å². The molecule has 0 N–H and O–H groups in total. The van der Waals surface area contributed by atoms with Crippen molar-refractivity contribution in [3.8, 4) is 23.0 Å². The molecule has 1 aliphatic rings. The second-order valence-corrected chi connectivity index (χ2v) is 7.02. The van der Waals surface area contributed by atoms with Crippen LogP contribution in [0.2, 0.25) is 0 Å². The van der Waals surface area contributed by atoms with Crippen molar-refractivity contribution >= 4 is 0 Å². The van der Waals surface area contributed by atoms with Crippen LogP contribution < -0.4 is 0 Å². The van der Waals surface area contributed by atoms with Crippen molar-refractivity contribution in [3.63, 3.8) is 0 Å². The molecule has 4 aromatic rings. The van der Waals surface area contributed by atoms with Crippen LogP contribution in [0.5, 0.6) is 0 Å². The summed E-state index contributed by atoms with van der Waals surface area (Å²) in [7, 11) is 0. The summed E-state index contributed by atoms with van der Waals surface area (Å²) in [6, 6.07) is 11.1. The fourth-order valence-electron chi connectivity index (χ4n) is 3.50. The molecule has 0 bridgehead atoms.